The van der Waals surface area contributed by atoms with Crippen molar-refractivity contribution in [2.24, 2.45) is 0 Å². The number of rotatable bonds is 8. The summed E-state index contributed by atoms with van der Waals surface area (Å²) >= 11 is 1.72. The molecule has 0 aliphatic heterocycles. The summed E-state index contributed by atoms with van der Waals surface area (Å²) < 4.78 is 39.5. The van der Waals surface area contributed by atoms with Crippen LogP contribution < -0.4 is 5.32 Å². The van der Waals surface area contributed by atoms with E-state index < -0.39 is 11.7 Å². The molecule has 1 nitrogen and oxygen atoms in total. The van der Waals surface area contributed by atoms with Crippen LogP contribution in [0.1, 0.15) is 50.8 Å². The highest BCUT2D eigenvalue weighted by Crippen LogP contribution is 2.35. The molecule has 21 heavy (non-hydrogen) atoms. The Hall–Kier alpha value is -0.680. The molecule has 0 radical (unpaired) electrons. The van der Waals surface area contributed by atoms with Gasteiger partial charge in [-0.15, -0.1) is 0 Å². The molecule has 0 bridgehead atoms. The zero-order valence-electron chi connectivity index (χ0n) is 12.8. The third-order valence-electron chi connectivity index (χ3n) is 3.40. The molecule has 0 heterocycles. The van der Waals surface area contributed by atoms with Gasteiger partial charge < -0.3 is 5.32 Å². The zero-order valence-corrected chi connectivity index (χ0v) is 13.7. The molecular weight excluding hydrogens is 295 g/mol. The van der Waals surface area contributed by atoms with Crippen LogP contribution >= 0.6 is 11.8 Å². The van der Waals surface area contributed by atoms with E-state index in [1.54, 1.807) is 23.9 Å². The Morgan fingerprint density at radius 2 is 1.86 bits per heavy atom. The number of benzene rings is 1. The second kappa shape index (κ2) is 8.69. The lowest BCUT2D eigenvalue weighted by atomic mass is 10.0. The Labute approximate surface area is 129 Å². The smallest absolute Gasteiger partial charge is 0.309 e. The predicted octanol–water partition coefficient (Wildman–Crippen LogP) is 5.28. The maximum Gasteiger partial charge on any atom is 0.416 e. The van der Waals surface area contributed by atoms with Gasteiger partial charge in [-0.05, 0) is 31.0 Å². The number of nitrogens with one attached hydrogen (secondary N) is 1. The van der Waals surface area contributed by atoms with Crippen molar-refractivity contribution in [3.63, 3.8) is 0 Å². The van der Waals surface area contributed by atoms with Crippen LogP contribution in [0.5, 0.6) is 0 Å². The Kier molecular flexibility index (Phi) is 7.60. The van der Waals surface area contributed by atoms with Gasteiger partial charge in [0.1, 0.15) is 0 Å². The molecule has 0 aliphatic carbocycles. The number of hydrogen-bond donors (Lipinski definition) is 1. The molecule has 1 rings (SSSR count). The quantitative estimate of drug-likeness (QED) is 0.700. The van der Waals surface area contributed by atoms with Crippen molar-refractivity contribution in [1.29, 1.82) is 0 Å². The molecule has 2 unspecified atom stereocenters. The first kappa shape index (κ1) is 18.4. The molecule has 5 heteroatoms. The highest BCUT2D eigenvalue weighted by Gasteiger charge is 2.34. The molecular formula is C16H24F3NS. The number of alkyl halides is 3. The normalized spacial score (nSPS) is 15.0. The van der Waals surface area contributed by atoms with Crippen LogP contribution in [0, 0.1) is 0 Å². The van der Waals surface area contributed by atoms with Crippen molar-refractivity contribution < 1.29 is 13.2 Å². The van der Waals surface area contributed by atoms with E-state index in [1.165, 1.54) is 12.1 Å². The van der Waals surface area contributed by atoms with E-state index >= 15 is 0 Å². The number of halogens is 3. The van der Waals surface area contributed by atoms with E-state index in [1.807, 2.05) is 6.92 Å². The lowest BCUT2D eigenvalue weighted by Crippen LogP contribution is -2.27. The lowest BCUT2D eigenvalue weighted by Gasteiger charge is -2.23. The van der Waals surface area contributed by atoms with Crippen LogP contribution in [-0.2, 0) is 6.18 Å². The van der Waals surface area contributed by atoms with E-state index in [4.69, 9.17) is 0 Å². The SMILES string of the molecule is CCCNC(CSC(C)CC)c1ccccc1C(F)(F)F. The maximum absolute atomic E-state index is 13.2. The largest absolute Gasteiger partial charge is 0.416 e. The van der Waals surface area contributed by atoms with E-state index in [0.29, 0.717) is 16.6 Å². The minimum absolute atomic E-state index is 0.262. The van der Waals surface area contributed by atoms with Crippen LogP contribution in [0.3, 0.4) is 0 Å². The Morgan fingerprint density at radius 3 is 2.43 bits per heavy atom. The molecule has 0 saturated carbocycles. The summed E-state index contributed by atoms with van der Waals surface area (Å²) in [4.78, 5) is 0. The monoisotopic (exact) mass is 319 g/mol. The summed E-state index contributed by atoms with van der Waals surface area (Å²) in [6, 6.07) is 5.63. The van der Waals surface area contributed by atoms with Crippen LogP contribution in [0.2, 0.25) is 0 Å². The van der Waals surface area contributed by atoms with Crippen molar-refractivity contribution in [1.82, 2.24) is 5.32 Å². The highest BCUT2D eigenvalue weighted by atomic mass is 32.2. The van der Waals surface area contributed by atoms with Crippen molar-refractivity contribution in [2.45, 2.75) is 51.1 Å². The molecule has 0 aliphatic rings. The summed E-state index contributed by atoms with van der Waals surface area (Å²) in [5.41, 5.74) is -0.169. The van der Waals surface area contributed by atoms with Gasteiger partial charge in [0.25, 0.3) is 0 Å². The second-order valence-electron chi connectivity index (χ2n) is 5.14. The molecule has 1 aromatic rings. The highest BCUT2D eigenvalue weighted by molar-refractivity contribution is 7.99. The fraction of sp³-hybridized carbons (Fsp3) is 0.625. The Balaban J connectivity index is 2.97. The van der Waals surface area contributed by atoms with Crippen molar-refractivity contribution >= 4 is 11.8 Å². The summed E-state index contributed by atoms with van der Waals surface area (Å²) in [7, 11) is 0. The number of thioether (sulfide) groups is 1. The molecule has 0 fully saturated rings. The summed E-state index contributed by atoms with van der Waals surface area (Å²) in [5.74, 6) is 0.655. The van der Waals surface area contributed by atoms with Gasteiger partial charge in [-0.3, -0.25) is 0 Å². The van der Waals surface area contributed by atoms with Gasteiger partial charge in [0.2, 0.25) is 0 Å². The molecule has 1 N–H and O–H groups in total. The second-order valence-corrected chi connectivity index (χ2v) is 6.62. The molecule has 0 spiro atoms. The predicted molar refractivity (Wildman–Crippen MR) is 84.7 cm³/mol. The maximum atomic E-state index is 13.2. The molecule has 0 saturated heterocycles. The lowest BCUT2D eigenvalue weighted by molar-refractivity contribution is -0.138. The zero-order chi connectivity index (χ0) is 15.9. The Morgan fingerprint density at radius 1 is 1.19 bits per heavy atom. The van der Waals surface area contributed by atoms with E-state index in [0.717, 1.165) is 19.4 Å². The summed E-state index contributed by atoms with van der Waals surface area (Å²) in [5, 5.41) is 3.71. The third kappa shape index (κ3) is 5.91. The summed E-state index contributed by atoms with van der Waals surface area (Å²) in [6.45, 7) is 6.94. The third-order valence-corrected chi connectivity index (χ3v) is 4.83. The average molecular weight is 319 g/mol. The van der Waals surface area contributed by atoms with Gasteiger partial charge in [-0.1, -0.05) is 39.0 Å². The van der Waals surface area contributed by atoms with Gasteiger partial charge in [-0.25, -0.2) is 0 Å². The van der Waals surface area contributed by atoms with Crippen LogP contribution in [0.25, 0.3) is 0 Å². The topological polar surface area (TPSA) is 12.0 Å². The minimum atomic E-state index is -4.30. The van der Waals surface area contributed by atoms with Gasteiger partial charge in [0.15, 0.2) is 0 Å². The molecule has 0 amide bonds. The van der Waals surface area contributed by atoms with Crippen LogP contribution in [0.4, 0.5) is 13.2 Å². The average Bonchev–Trinajstić information content (AvgIpc) is 2.46. The Bertz CT molecular complexity index is 420. The standard InChI is InChI=1S/C16H24F3NS/c1-4-10-20-15(11-21-12(3)5-2)13-8-6-7-9-14(13)16(17,18)19/h6-9,12,15,20H,4-5,10-11H2,1-3H3. The van der Waals surface area contributed by atoms with Crippen molar-refractivity contribution in [2.75, 3.05) is 12.3 Å². The van der Waals surface area contributed by atoms with Gasteiger partial charge in [-0.2, -0.15) is 24.9 Å². The van der Waals surface area contributed by atoms with Crippen LogP contribution in [0.15, 0.2) is 24.3 Å². The van der Waals surface area contributed by atoms with Gasteiger partial charge in [0.05, 0.1) is 5.56 Å². The fourth-order valence-electron chi connectivity index (χ4n) is 2.01. The first-order valence-corrected chi connectivity index (χ1v) is 8.46. The number of hydrogen-bond acceptors (Lipinski definition) is 2. The molecule has 0 aromatic heterocycles. The van der Waals surface area contributed by atoms with Crippen molar-refractivity contribution in [3.8, 4) is 0 Å². The first-order valence-electron chi connectivity index (χ1n) is 7.41. The van der Waals surface area contributed by atoms with Crippen LogP contribution in [-0.4, -0.2) is 17.5 Å². The van der Waals surface area contributed by atoms with E-state index in [9.17, 15) is 13.2 Å². The fourth-order valence-corrected chi connectivity index (χ4v) is 3.07. The first-order chi connectivity index (χ1) is 9.90. The van der Waals surface area contributed by atoms with Gasteiger partial charge >= 0.3 is 6.18 Å². The minimum Gasteiger partial charge on any atom is -0.309 e. The van der Waals surface area contributed by atoms with E-state index in [2.05, 4.69) is 19.2 Å². The summed E-state index contributed by atoms with van der Waals surface area (Å²) in [6.07, 6.45) is -2.38. The molecule has 2 atom stereocenters. The van der Waals surface area contributed by atoms with Gasteiger partial charge in [0, 0.05) is 17.0 Å². The van der Waals surface area contributed by atoms with E-state index in [-0.39, 0.29) is 6.04 Å². The van der Waals surface area contributed by atoms with Crippen molar-refractivity contribution in [3.05, 3.63) is 35.4 Å². The molecule has 1 aromatic carbocycles. The molecule has 120 valence electrons.